The van der Waals surface area contributed by atoms with Crippen molar-refractivity contribution >= 4 is 28.6 Å². The molecule has 224 valence electrons. The summed E-state index contributed by atoms with van der Waals surface area (Å²) < 4.78 is 70.0. The number of carbonyl (C=O) groups excluding carboxylic acids is 1. The van der Waals surface area contributed by atoms with E-state index < -0.39 is 29.7 Å². The van der Waals surface area contributed by atoms with Crippen LogP contribution in [-0.4, -0.2) is 35.3 Å². The fourth-order valence-electron chi connectivity index (χ4n) is 5.50. The lowest BCUT2D eigenvalue weighted by atomic mass is 10.00. The maximum atomic E-state index is 15.7. The summed E-state index contributed by atoms with van der Waals surface area (Å²) in [5.74, 6) is -1.67. The van der Waals surface area contributed by atoms with Crippen LogP contribution in [0.4, 0.5) is 13.2 Å². The minimum Gasteiger partial charge on any atom is -0.465 e. The zero-order valence-electron chi connectivity index (χ0n) is 23.3. The van der Waals surface area contributed by atoms with Crippen molar-refractivity contribution in [2.75, 3.05) is 13.7 Å². The molecule has 3 heterocycles. The summed E-state index contributed by atoms with van der Waals surface area (Å²) >= 11 is 5.87. The molecule has 11 heteroatoms. The molecule has 2 aliphatic heterocycles. The Labute approximate surface area is 254 Å². The van der Waals surface area contributed by atoms with Gasteiger partial charge in [0, 0.05) is 29.2 Å². The molecule has 4 aromatic carbocycles. The van der Waals surface area contributed by atoms with Crippen LogP contribution in [0.15, 0.2) is 66.7 Å². The lowest BCUT2D eigenvalue weighted by Gasteiger charge is -2.27. The van der Waals surface area contributed by atoms with Crippen molar-refractivity contribution < 1.29 is 36.9 Å². The maximum absolute atomic E-state index is 15.7. The molecule has 1 aromatic heterocycles. The van der Waals surface area contributed by atoms with E-state index in [2.05, 4.69) is 4.98 Å². The second-order valence-corrected chi connectivity index (χ2v) is 11.0. The van der Waals surface area contributed by atoms with Crippen LogP contribution in [0.25, 0.3) is 22.2 Å². The average molecular weight is 621 g/mol. The number of fused-ring (bicyclic) bond motifs is 2. The first-order valence-electron chi connectivity index (χ1n) is 13.9. The first kappa shape index (κ1) is 28.2. The standard InChI is InChI=1S/C33H24ClF3N2O5/c1-41-32(40)17-5-8-27-28(13-17)39(16-20-9-10-42-20)30(38-27)15-23-24(35)11-18(12-25(23)36)21-3-2-4-29-31(21)44-33(43-29)22-7-6-19(34)14-26(22)37/h2-8,11-14,20,33H,9-10,15-16H2,1H3/t20-,33?/m0/s1. The number of benzene rings is 4. The third-order valence-electron chi connectivity index (χ3n) is 7.87. The van der Waals surface area contributed by atoms with Crippen molar-refractivity contribution in [2.45, 2.75) is 31.8 Å². The molecule has 1 saturated heterocycles. The fourth-order valence-corrected chi connectivity index (χ4v) is 5.66. The molecule has 0 N–H and O–H groups in total. The van der Waals surface area contributed by atoms with Crippen molar-refractivity contribution in [3.05, 3.63) is 112 Å². The molecule has 44 heavy (non-hydrogen) atoms. The molecule has 7 rings (SSSR count). The lowest BCUT2D eigenvalue weighted by molar-refractivity contribution is -0.0589. The van der Waals surface area contributed by atoms with Crippen molar-refractivity contribution in [3.8, 4) is 22.6 Å². The topological polar surface area (TPSA) is 71.8 Å². The zero-order valence-corrected chi connectivity index (χ0v) is 24.0. The minimum absolute atomic E-state index is 0.0717. The predicted octanol–water partition coefficient (Wildman–Crippen LogP) is 7.41. The van der Waals surface area contributed by atoms with Gasteiger partial charge in [-0.2, -0.15) is 0 Å². The smallest absolute Gasteiger partial charge is 0.337 e. The normalized spacial score (nSPS) is 17.1. The van der Waals surface area contributed by atoms with Crippen LogP contribution in [0, 0.1) is 17.5 Å². The SMILES string of the molecule is COC(=O)c1ccc2nc(Cc3c(F)cc(-c4cccc5c4OC(c4ccc(Cl)cc4F)O5)cc3F)n(C[C@@H]3CCO3)c2c1. The van der Waals surface area contributed by atoms with Crippen LogP contribution in [0.2, 0.25) is 5.02 Å². The molecule has 0 aliphatic carbocycles. The highest BCUT2D eigenvalue weighted by Crippen LogP contribution is 2.47. The van der Waals surface area contributed by atoms with Crippen LogP contribution in [0.1, 0.15) is 40.0 Å². The molecule has 0 bridgehead atoms. The highest BCUT2D eigenvalue weighted by atomic mass is 35.5. The van der Waals surface area contributed by atoms with E-state index in [0.29, 0.717) is 46.9 Å². The number of aromatic nitrogens is 2. The Hall–Kier alpha value is -4.54. The van der Waals surface area contributed by atoms with Gasteiger partial charge >= 0.3 is 5.97 Å². The first-order chi connectivity index (χ1) is 21.3. The summed E-state index contributed by atoms with van der Waals surface area (Å²) in [6.07, 6.45) is -0.467. The maximum Gasteiger partial charge on any atom is 0.337 e. The lowest BCUT2D eigenvalue weighted by Crippen LogP contribution is -2.31. The van der Waals surface area contributed by atoms with E-state index >= 15 is 8.78 Å². The summed E-state index contributed by atoms with van der Waals surface area (Å²) in [5, 5.41) is 0.228. The van der Waals surface area contributed by atoms with Crippen molar-refractivity contribution in [2.24, 2.45) is 0 Å². The van der Waals surface area contributed by atoms with Crippen molar-refractivity contribution in [1.82, 2.24) is 9.55 Å². The number of hydrogen-bond acceptors (Lipinski definition) is 6. The van der Waals surface area contributed by atoms with Crippen LogP contribution < -0.4 is 9.47 Å². The molecule has 2 aliphatic rings. The van der Waals surface area contributed by atoms with Crippen molar-refractivity contribution in [1.29, 1.82) is 0 Å². The zero-order chi connectivity index (χ0) is 30.5. The quantitative estimate of drug-likeness (QED) is 0.177. The number of para-hydroxylation sites is 1. The number of nitrogens with zero attached hydrogens (tertiary/aromatic N) is 2. The largest absolute Gasteiger partial charge is 0.465 e. The Bertz CT molecular complexity index is 1920. The molecular weight excluding hydrogens is 597 g/mol. The van der Waals surface area contributed by atoms with Crippen LogP contribution in [0.3, 0.4) is 0 Å². The summed E-state index contributed by atoms with van der Waals surface area (Å²) in [5.41, 5.74) is 2.13. The average Bonchev–Trinajstić information content (AvgIpc) is 3.56. The van der Waals surface area contributed by atoms with Gasteiger partial charge in [0.25, 0.3) is 6.29 Å². The molecule has 1 fully saturated rings. The number of esters is 1. The molecule has 1 unspecified atom stereocenters. The van der Waals surface area contributed by atoms with Crippen LogP contribution >= 0.6 is 11.6 Å². The number of methoxy groups -OCH3 is 1. The fraction of sp³-hybridized carbons (Fsp3) is 0.212. The summed E-state index contributed by atoms with van der Waals surface area (Å²) in [6.45, 7) is 1.05. The van der Waals surface area contributed by atoms with Crippen LogP contribution in [0.5, 0.6) is 11.5 Å². The van der Waals surface area contributed by atoms with E-state index in [-0.39, 0.29) is 40.0 Å². The predicted molar refractivity (Wildman–Crippen MR) is 155 cm³/mol. The van der Waals surface area contributed by atoms with Gasteiger partial charge in [-0.3, -0.25) is 0 Å². The second-order valence-electron chi connectivity index (χ2n) is 10.6. The molecule has 0 amide bonds. The monoisotopic (exact) mass is 620 g/mol. The number of imidazole rings is 1. The molecule has 0 saturated carbocycles. The second kappa shape index (κ2) is 11.2. The van der Waals surface area contributed by atoms with Gasteiger partial charge in [0.15, 0.2) is 11.5 Å². The molecule has 0 radical (unpaired) electrons. The number of hydrogen-bond donors (Lipinski definition) is 0. The Balaban J connectivity index is 1.22. The molecular formula is C33H24ClF3N2O5. The third-order valence-corrected chi connectivity index (χ3v) is 8.10. The Kier molecular flexibility index (Phi) is 7.18. The van der Waals surface area contributed by atoms with Gasteiger partial charge in [-0.1, -0.05) is 23.7 Å². The van der Waals surface area contributed by atoms with Gasteiger partial charge in [0.2, 0.25) is 0 Å². The van der Waals surface area contributed by atoms with Gasteiger partial charge in [-0.25, -0.2) is 22.9 Å². The molecule has 2 atom stereocenters. The van der Waals surface area contributed by atoms with Gasteiger partial charge in [0.05, 0.1) is 41.9 Å². The summed E-state index contributed by atoms with van der Waals surface area (Å²) in [4.78, 5) is 16.8. The highest BCUT2D eigenvalue weighted by Gasteiger charge is 2.31. The minimum atomic E-state index is -1.09. The van der Waals surface area contributed by atoms with E-state index in [1.54, 1.807) is 36.4 Å². The number of rotatable bonds is 7. The first-order valence-corrected chi connectivity index (χ1v) is 14.3. The highest BCUT2D eigenvalue weighted by molar-refractivity contribution is 6.30. The van der Waals surface area contributed by atoms with Crippen molar-refractivity contribution in [3.63, 3.8) is 0 Å². The Morgan fingerprint density at radius 3 is 2.52 bits per heavy atom. The Morgan fingerprint density at radius 1 is 1.02 bits per heavy atom. The van der Waals surface area contributed by atoms with Gasteiger partial charge in [-0.05, 0) is 66.6 Å². The molecule has 5 aromatic rings. The van der Waals surface area contributed by atoms with Gasteiger partial charge in [0.1, 0.15) is 23.3 Å². The van der Waals surface area contributed by atoms with Gasteiger partial charge in [-0.15, -0.1) is 0 Å². The van der Waals surface area contributed by atoms with E-state index in [1.165, 1.54) is 31.4 Å². The third kappa shape index (κ3) is 5.03. The number of halogens is 4. The number of carbonyl (C=O) groups is 1. The van der Waals surface area contributed by atoms with E-state index in [1.807, 2.05) is 4.57 Å². The van der Waals surface area contributed by atoms with E-state index in [9.17, 15) is 9.18 Å². The Morgan fingerprint density at radius 2 is 1.82 bits per heavy atom. The summed E-state index contributed by atoms with van der Waals surface area (Å²) in [7, 11) is 1.30. The molecule has 0 spiro atoms. The van der Waals surface area contributed by atoms with E-state index in [0.717, 1.165) is 12.5 Å². The van der Waals surface area contributed by atoms with Gasteiger partial charge < -0.3 is 23.5 Å². The summed E-state index contributed by atoms with van der Waals surface area (Å²) in [6, 6.07) is 16.5. The van der Waals surface area contributed by atoms with Crippen LogP contribution in [-0.2, 0) is 22.4 Å². The molecule has 7 nitrogen and oxygen atoms in total. The number of ether oxygens (including phenoxy) is 4. The van der Waals surface area contributed by atoms with E-state index in [4.69, 9.17) is 30.5 Å².